The van der Waals surface area contributed by atoms with E-state index < -0.39 is 57.6 Å². The molecule has 3 atom stereocenters. The molecule has 0 aliphatic heterocycles. The van der Waals surface area contributed by atoms with Crippen LogP contribution >= 0.6 is 7.82 Å². The highest BCUT2D eigenvalue weighted by Crippen LogP contribution is 2.43. The number of aliphatic carboxylic acids is 1. The van der Waals surface area contributed by atoms with Gasteiger partial charge in [-0.25, -0.2) is 9.36 Å². The molecule has 0 bridgehead atoms. The van der Waals surface area contributed by atoms with Crippen LogP contribution in [0.25, 0.3) is 0 Å². The van der Waals surface area contributed by atoms with Crippen LogP contribution in [0, 0.1) is 0 Å². The molecule has 0 radical (unpaired) electrons. The molecule has 348 valence electrons. The summed E-state index contributed by atoms with van der Waals surface area (Å²) in [7, 11) is -4.75. The number of allylic oxidation sites excluding steroid dienone is 2. The van der Waals surface area contributed by atoms with Gasteiger partial charge < -0.3 is 25.2 Å². The van der Waals surface area contributed by atoms with Crippen molar-refractivity contribution in [1.29, 1.82) is 0 Å². The van der Waals surface area contributed by atoms with Gasteiger partial charge in [-0.3, -0.25) is 18.6 Å². The average Bonchev–Trinajstić information content (AvgIpc) is 3.21. The maximum Gasteiger partial charge on any atom is 0.472 e. The van der Waals surface area contributed by atoms with Gasteiger partial charge >= 0.3 is 19.8 Å². The Balaban J connectivity index is 3.83. The molecular weight excluding hydrogens is 769 g/mol. The molecule has 0 saturated heterocycles. The van der Waals surface area contributed by atoms with Gasteiger partial charge in [-0.15, -0.1) is 0 Å². The molecule has 3 unspecified atom stereocenters. The summed E-state index contributed by atoms with van der Waals surface area (Å²) >= 11 is 0. The van der Waals surface area contributed by atoms with Crippen LogP contribution < -0.4 is 5.32 Å². The largest absolute Gasteiger partial charge is 0.480 e. The molecule has 0 aliphatic rings. The second kappa shape index (κ2) is 42.9. The first kappa shape index (κ1) is 57.2. The van der Waals surface area contributed by atoms with Gasteiger partial charge in [-0.05, 0) is 38.5 Å². The number of carboxylic acids is 1. The fourth-order valence-electron chi connectivity index (χ4n) is 7.02. The van der Waals surface area contributed by atoms with Crippen molar-refractivity contribution in [3.05, 3.63) is 12.2 Å². The smallest absolute Gasteiger partial charge is 0.472 e. The van der Waals surface area contributed by atoms with Crippen LogP contribution in [0.4, 0.5) is 0 Å². The monoisotopic (exact) mass is 860 g/mol. The Bertz CT molecular complexity index is 1060. The normalized spacial score (nSPS) is 13.7. The highest BCUT2D eigenvalue weighted by molar-refractivity contribution is 7.47. The van der Waals surface area contributed by atoms with E-state index in [2.05, 4.69) is 31.3 Å². The Morgan fingerprint density at radius 2 is 0.881 bits per heavy atom. The lowest BCUT2D eigenvalue weighted by molar-refractivity contribution is -0.147. The first-order chi connectivity index (χ1) is 28.6. The van der Waals surface area contributed by atoms with Gasteiger partial charge in [0.1, 0.15) is 12.7 Å². The maximum absolute atomic E-state index is 12.3. The summed E-state index contributed by atoms with van der Waals surface area (Å²) in [6.45, 7) is 2.63. The SMILES string of the molecule is CCCCCCCCC/C=C\CCCCCCCCCC(=O)OCC(O)COP(=O)(O)OCC(NC(=O)CCCCCCCCCCCCCCCCCCC)C(=O)O. The van der Waals surface area contributed by atoms with Gasteiger partial charge in [0.2, 0.25) is 5.91 Å². The number of amides is 1. The van der Waals surface area contributed by atoms with E-state index in [1.54, 1.807) is 0 Å². The molecule has 0 aromatic heterocycles. The van der Waals surface area contributed by atoms with Crippen LogP contribution in [0.1, 0.15) is 239 Å². The molecule has 0 saturated carbocycles. The molecule has 4 N–H and O–H groups in total. The number of nitrogens with one attached hydrogen (secondary N) is 1. The van der Waals surface area contributed by atoms with Gasteiger partial charge in [0.05, 0.1) is 13.2 Å². The molecule has 0 aromatic carbocycles. The van der Waals surface area contributed by atoms with Crippen molar-refractivity contribution in [2.45, 2.75) is 251 Å². The van der Waals surface area contributed by atoms with Gasteiger partial charge in [-0.1, -0.05) is 199 Å². The van der Waals surface area contributed by atoms with E-state index in [0.717, 1.165) is 44.9 Å². The first-order valence-corrected chi connectivity index (χ1v) is 25.7. The van der Waals surface area contributed by atoms with Crippen LogP contribution in [-0.2, 0) is 32.7 Å². The first-order valence-electron chi connectivity index (χ1n) is 24.2. The lowest BCUT2D eigenvalue weighted by Gasteiger charge is -2.18. The number of unbranched alkanes of at least 4 members (excludes halogenated alkanes) is 30. The molecule has 0 aliphatic carbocycles. The molecule has 12 heteroatoms. The van der Waals surface area contributed by atoms with E-state index in [4.69, 9.17) is 13.8 Å². The molecule has 0 aromatic rings. The zero-order valence-electron chi connectivity index (χ0n) is 37.8. The van der Waals surface area contributed by atoms with Crippen molar-refractivity contribution in [1.82, 2.24) is 5.32 Å². The highest BCUT2D eigenvalue weighted by atomic mass is 31.2. The second-order valence-electron chi connectivity index (χ2n) is 16.7. The summed E-state index contributed by atoms with van der Waals surface area (Å²) in [6, 6.07) is -1.54. The van der Waals surface area contributed by atoms with Crippen LogP contribution in [-0.4, -0.2) is 64.9 Å². The third kappa shape index (κ3) is 42.7. The predicted octanol–water partition coefficient (Wildman–Crippen LogP) is 12.8. The fraction of sp³-hybridized carbons (Fsp3) is 0.894. The summed E-state index contributed by atoms with van der Waals surface area (Å²) < 4.78 is 26.9. The van der Waals surface area contributed by atoms with E-state index in [1.807, 2.05) is 0 Å². The summed E-state index contributed by atoms with van der Waals surface area (Å²) in [5, 5.41) is 21.9. The fourth-order valence-corrected chi connectivity index (χ4v) is 7.79. The third-order valence-corrected chi connectivity index (χ3v) is 11.8. The van der Waals surface area contributed by atoms with Crippen LogP contribution in [0.3, 0.4) is 0 Å². The number of aliphatic hydroxyl groups is 1. The minimum atomic E-state index is -4.75. The Labute approximate surface area is 360 Å². The minimum Gasteiger partial charge on any atom is -0.480 e. The number of esters is 1. The molecule has 0 rings (SSSR count). The molecule has 0 fully saturated rings. The Morgan fingerprint density at radius 1 is 0.525 bits per heavy atom. The topological polar surface area (TPSA) is 169 Å². The summed E-state index contributed by atoms with van der Waals surface area (Å²) in [5.74, 6) is -2.36. The number of carboxylic acid groups (broad SMARTS) is 1. The van der Waals surface area contributed by atoms with Gasteiger partial charge in [0.15, 0.2) is 6.04 Å². The zero-order chi connectivity index (χ0) is 43.5. The van der Waals surface area contributed by atoms with Crippen molar-refractivity contribution in [3.63, 3.8) is 0 Å². The maximum atomic E-state index is 12.3. The number of phosphoric acid groups is 1. The number of phosphoric ester groups is 1. The van der Waals surface area contributed by atoms with E-state index >= 15 is 0 Å². The van der Waals surface area contributed by atoms with Gasteiger partial charge in [-0.2, -0.15) is 0 Å². The molecule has 0 heterocycles. The van der Waals surface area contributed by atoms with Crippen LogP contribution in [0.5, 0.6) is 0 Å². The molecule has 1 amide bonds. The van der Waals surface area contributed by atoms with Crippen molar-refractivity contribution in [3.8, 4) is 0 Å². The third-order valence-electron chi connectivity index (χ3n) is 10.8. The number of carbonyl (C=O) groups excluding carboxylic acids is 2. The van der Waals surface area contributed by atoms with Crippen molar-refractivity contribution in [2.75, 3.05) is 19.8 Å². The Hall–Kier alpha value is -1.78. The number of aliphatic hydroxyl groups excluding tert-OH is 1. The minimum absolute atomic E-state index is 0.151. The van der Waals surface area contributed by atoms with Crippen molar-refractivity contribution < 1.29 is 47.8 Å². The standard InChI is InChI=1S/C47H90NO10P/c1-3-5-7-9-11-13-15-17-19-21-23-25-27-29-31-33-35-37-39-46(51)56-40-43(49)41-57-59(54,55)58-42-44(47(52)53)48-45(50)38-36-34-32-30-28-26-24-22-20-18-16-14-12-10-8-6-4-2/h19,21,43-44,49H,3-18,20,22-42H2,1-2H3,(H,48,50)(H,52,53)(H,54,55)/b21-19-. The van der Waals surface area contributed by atoms with E-state index in [-0.39, 0.29) is 12.8 Å². The summed E-state index contributed by atoms with van der Waals surface area (Å²) in [6.07, 6.45) is 43.7. The van der Waals surface area contributed by atoms with E-state index in [1.165, 1.54) is 154 Å². The number of carbonyl (C=O) groups is 3. The number of hydrogen-bond acceptors (Lipinski definition) is 8. The van der Waals surface area contributed by atoms with Crippen molar-refractivity contribution >= 4 is 25.7 Å². The van der Waals surface area contributed by atoms with E-state index in [9.17, 15) is 34.1 Å². The van der Waals surface area contributed by atoms with Crippen molar-refractivity contribution in [2.24, 2.45) is 0 Å². The Morgan fingerprint density at radius 3 is 1.29 bits per heavy atom. The van der Waals surface area contributed by atoms with Gasteiger partial charge in [0.25, 0.3) is 0 Å². The quantitative estimate of drug-likeness (QED) is 0.0200. The predicted molar refractivity (Wildman–Crippen MR) is 240 cm³/mol. The summed E-state index contributed by atoms with van der Waals surface area (Å²) in [5.41, 5.74) is 0. The Kier molecular flexibility index (Phi) is 41.6. The second-order valence-corrected chi connectivity index (χ2v) is 18.1. The number of hydrogen-bond donors (Lipinski definition) is 4. The highest BCUT2D eigenvalue weighted by Gasteiger charge is 2.28. The molecule has 59 heavy (non-hydrogen) atoms. The lowest BCUT2D eigenvalue weighted by Crippen LogP contribution is -2.43. The van der Waals surface area contributed by atoms with Crippen LogP contribution in [0.15, 0.2) is 12.2 Å². The van der Waals surface area contributed by atoms with E-state index in [0.29, 0.717) is 12.8 Å². The van der Waals surface area contributed by atoms with Crippen LogP contribution in [0.2, 0.25) is 0 Å². The van der Waals surface area contributed by atoms with Gasteiger partial charge in [0, 0.05) is 12.8 Å². The number of rotatable bonds is 46. The average molecular weight is 860 g/mol. The number of ether oxygens (including phenoxy) is 1. The molecule has 11 nitrogen and oxygen atoms in total. The zero-order valence-corrected chi connectivity index (χ0v) is 38.7. The lowest BCUT2D eigenvalue weighted by atomic mass is 10.0. The summed E-state index contributed by atoms with van der Waals surface area (Å²) in [4.78, 5) is 46.0. The molecular formula is C47H90NO10P. The molecule has 0 spiro atoms.